The first-order chi connectivity index (χ1) is 7.99. The fourth-order valence-electron chi connectivity index (χ4n) is 2.33. The zero-order valence-electron chi connectivity index (χ0n) is 11.8. The third-order valence-corrected chi connectivity index (χ3v) is 3.63. The summed E-state index contributed by atoms with van der Waals surface area (Å²) >= 11 is 0. The van der Waals surface area contributed by atoms with Crippen LogP contribution in [0.4, 0.5) is 0 Å². The van der Waals surface area contributed by atoms with Gasteiger partial charge in [-0.2, -0.15) is 0 Å². The highest BCUT2D eigenvalue weighted by Crippen LogP contribution is 2.23. The smallest absolute Gasteiger partial charge is 0.0470 e. The fraction of sp³-hybridized carbons (Fsp3) is 0.600. The van der Waals surface area contributed by atoms with Crippen LogP contribution in [0, 0.1) is 13.8 Å². The third-order valence-electron chi connectivity index (χ3n) is 3.63. The number of aryl methyl sites for hydroxylation is 2. The Hall–Kier alpha value is -0.860. The Kier molecular flexibility index (Phi) is 5.16. The van der Waals surface area contributed by atoms with Crippen molar-refractivity contribution in [1.29, 1.82) is 0 Å². The maximum atomic E-state index is 5.96. The molecule has 0 aliphatic carbocycles. The van der Waals surface area contributed by atoms with Gasteiger partial charge in [-0.15, -0.1) is 0 Å². The van der Waals surface area contributed by atoms with Gasteiger partial charge in [-0.05, 0) is 39.8 Å². The van der Waals surface area contributed by atoms with E-state index in [4.69, 9.17) is 5.73 Å². The lowest BCUT2D eigenvalue weighted by molar-refractivity contribution is 0.184. The molecule has 0 saturated carbocycles. The van der Waals surface area contributed by atoms with Gasteiger partial charge in [0.15, 0.2) is 0 Å². The molecule has 2 heteroatoms. The molecule has 2 N–H and O–H groups in total. The SMILES string of the molecule is CCC(C)N(C)C(CN)c1cc(C)cc(C)c1. The summed E-state index contributed by atoms with van der Waals surface area (Å²) < 4.78 is 0. The molecule has 1 aromatic rings. The standard InChI is InChI=1S/C15H26N2/c1-6-13(4)17(5)15(10-16)14-8-11(2)7-12(3)9-14/h7-9,13,15H,6,10,16H2,1-5H3. The first-order valence-electron chi connectivity index (χ1n) is 6.49. The molecule has 1 rings (SSSR count). The molecule has 0 bridgehead atoms. The van der Waals surface area contributed by atoms with Crippen LogP contribution >= 0.6 is 0 Å². The summed E-state index contributed by atoms with van der Waals surface area (Å²) in [6, 6.07) is 7.60. The molecule has 0 radical (unpaired) electrons. The van der Waals surface area contributed by atoms with E-state index in [1.54, 1.807) is 0 Å². The van der Waals surface area contributed by atoms with Crippen molar-refractivity contribution in [1.82, 2.24) is 4.90 Å². The quantitative estimate of drug-likeness (QED) is 0.848. The van der Waals surface area contributed by atoms with Gasteiger partial charge in [0, 0.05) is 18.6 Å². The highest BCUT2D eigenvalue weighted by atomic mass is 15.2. The van der Waals surface area contributed by atoms with Crippen LogP contribution in [0.2, 0.25) is 0 Å². The molecule has 0 saturated heterocycles. The molecule has 0 aliphatic heterocycles. The molecular weight excluding hydrogens is 208 g/mol. The fourth-order valence-corrected chi connectivity index (χ4v) is 2.33. The second-order valence-corrected chi connectivity index (χ2v) is 5.10. The highest BCUT2D eigenvalue weighted by Gasteiger charge is 2.19. The molecule has 1 aromatic carbocycles. The molecule has 0 aliphatic rings. The van der Waals surface area contributed by atoms with Crippen molar-refractivity contribution >= 4 is 0 Å². The van der Waals surface area contributed by atoms with Gasteiger partial charge in [-0.3, -0.25) is 4.90 Å². The number of hydrogen-bond acceptors (Lipinski definition) is 2. The van der Waals surface area contributed by atoms with E-state index >= 15 is 0 Å². The van der Waals surface area contributed by atoms with Crippen molar-refractivity contribution in [2.45, 2.75) is 46.2 Å². The van der Waals surface area contributed by atoms with Gasteiger partial charge in [-0.25, -0.2) is 0 Å². The summed E-state index contributed by atoms with van der Waals surface area (Å²) in [6.45, 7) is 9.44. The number of rotatable bonds is 5. The zero-order valence-corrected chi connectivity index (χ0v) is 11.8. The van der Waals surface area contributed by atoms with Gasteiger partial charge < -0.3 is 5.73 Å². The number of nitrogens with zero attached hydrogens (tertiary/aromatic N) is 1. The molecule has 0 spiro atoms. The summed E-state index contributed by atoms with van der Waals surface area (Å²) in [6.07, 6.45) is 1.15. The predicted molar refractivity (Wildman–Crippen MR) is 75.2 cm³/mol. The van der Waals surface area contributed by atoms with E-state index in [0.29, 0.717) is 18.6 Å². The minimum Gasteiger partial charge on any atom is -0.329 e. The first-order valence-corrected chi connectivity index (χ1v) is 6.49. The van der Waals surface area contributed by atoms with Crippen molar-refractivity contribution < 1.29 is 0 Å². The average Bonchev–Trinajstić information content (AvgIpc) is 2.27. The van der Waals surface area contributed by atoms with Gasteiger partial charge in [0.1, 0.15) is 0 Å². The van der Waals surface area contributed by atoms with Crippen LogP contribution < -0.4 is 5.73 Å². The largest absolute Gasteiger partial charge is 0.329 e. The molecule has 2 nitrogen and oxygen atoms in total. The predicted octanol–water partition coefficient (Wildman–Crippen LogP) is 3.03. The third kappa shape index (κ3) is 3.55. The molecule has 0 heterocycles. The Morgan fingerprint density at radius 2 is 1.71 bits per heavy atom. The number of hydrogen-bond donors (Lipinski definition) is 1. The van der Waals surface area contributed by atoms with Crippen molar-refractivity contribution in [3.8, 4) is 0 Å². The molecular formula is C15H26N2. The minimum atomic E-state index is 0.323. The first kappa shape index (κ1) is 14.2. The monoisotopic (exact) mass is 234 g/mol. The lowest BCUT2D eigenvalue weighted by Crippen LogP contribution is -2.36. The Morgan fingerprint density at radius 3 is 2.12 bits per heavy atom. The lowest BCUT2D eigenvalue weighted by Gasteiger charge is -2.32. The normalized spacial score (nSPS) is 15.0. The molecule has 2 unspecified atom stereocenters. The van der Waals surface area contributed by atoms with Gasteiger partial charge in [0.2, 0.25) is 0 Å². The molecule has 0 fully saturated rings. The lowest BCUT2D eigenvalue weighted by atomic mass is 9.99. The van der Waals surface area contributed by atoms with E-state index in [2.05, 4.69) is 57.8 Å². The minimum absolute atomic E-state index is 0.323. The van der Waals surface area contributed by atoms with Crippen LogP contribution in [0.1, 0.15) is 43.0 Å². The van der Waals surface area contributed by atoms with Crippen LogP contribution in [0.15, 0.2) is 18.2 Å². The Bertz CT molecular complexity index is 340. The molecule has 0 amide bonds. The van der Waals surface area contributed by atoms with Gasteiger partial charge in [0.25, 0.3) is 0 Å². The van der Waals surface area contributed by atoms with Crippen molar-refractivity contribution in [3.05, 3.63) is 34.9 Å². The Balaban J connectivity index is 3.00. The van der Waals surface area contributed by atoms with E-state index in [9.17, 15) is 0 Å². The molecule has 0 aromatic heterocycles. The van der Waals surface area contributed by atoms with Crippen molar-refractivity contribution in [2.75, 3.05) is 13.6 Å². The van der Waals surface area contributed by atoms with Crippen molar-refractivity contribution in [3.63, 3.8) is 0 Å². The summed E-state index contributed by atoms with van der Waals surface area (Å²) in [5.41, 5.74) is 9.93. The number of benzene rings is 1. The second-order valence-electron chi connectivity index (χ2n) is 5.10. The Labute approximate surface area is 106 Å². The zero-order chi connectivity index (χ0) is 13.0. The van der Waals surface area contributed by atoms with Crippen LogP contribution in [0.5, 0.6) is 0 Å². The van der Waals surface area contributed by atoms with Crippen LogP contribution in [0.25, 0.3) is 0 Å². The van der Waals surface area contributed by atoms with E-state index in [0.717, 1.165) is 6.42 Å². The summed E-state index contributed by atoms with van der Waals surface area (Å²) in [5.74, 6) is 0. The topological polar surface area (TPSA) is 29.3 Å². The highest BCUT2D eigenvalue weighted by molar-refractivity contribution is 5.31. The maximum absolute atomic E-state index is 5.96. The molecule has 96 valence electrons. The van der Waals surface area contributed by atoms with E-state index in [1.165, 1.54) is 16.7 Å². The van der Waals surface area contributed by atoms with Gasteiger partial charge >= 0.3 is 0 Å². The molecule has 2 atom stereocenters. The average molecular weight is 234 g/mol. The maximum Gasteiger partial charge on any atom is 0.0470 e. The van der Waals surface area contributed by atoms with E-state index in [-0.39, 0.29) is 0 Å². The van der Waals surface area contributed by atoms with Crippen LogP contribution in [-0.4, -0.2) is 24.5 Å². The summed E-state index contributed by atoms with van der Waals surface area (Å²) in [7, 11) is 2.17. The van der Waals surface area contributed by atoms with E-state index < -0.39 is 0 Å². The van der Waals surface area contributed by atoms with Crippen molar-refractivity contribution in [2.24, 2.45) is 5.73 Å². The molecule has 17 heavy (non-hydrogen) atoms. The Morgan fingerprint density at radius 1 is 1.18 bits per heavy atom. The number of likely N-dealkylation sites (N-methyl/N-ethyl adjacent to an activating group) is 1. The van der Waals surface area contributed by atoms with Crippen LogP contribution in [0.3, 0.4) is 0 Å². The van der Waals surface area contributed by atoms with Crippen LogP contribution in [-0.2, 0) is 0 Å². The second kappa shape index (κ2) is 6.18. The van der Waals surface area contributed by atoms with E-state index in [1.807, 2.05) is 0 Å². The summed E-state index contributed by atoms with van der Waals surface area (Å²) in [5, 5.41) is 0. The number of nitrogens with two attached hydrogens (primary N) is 1. The van der Waals surface area contributed by atoms with Gasteiger partial charge in [-0.1, -0.05) is 36.2 Å². The summed E-state index contributed by atoms with van der Waals surface area (Å²) in [4.78, 5) is 2.38. The van der Waals surface area contributed by atoms with Gasteiger partial charge in [0.05, 0.1) is 0 Å².